The molecule has 6 heteroatoms. The highest BCUT2D eigenvalue weighted by atomic mass is 35.5. The molecule has 26 heavy (non-hydrogen) atoms. The van der Waals surface area contributed by atoms with Gasteiger partial charge in [-0.15, -0.1) is 24.8 Å². The number of fused-ring (bicyclic) bond motifs is 1. The fourth-order valence-electron chi connectivity index (χ4n) is 3.27. The molecular formula is C20H25ClN2O3. The molecule has 2 N–H and O–H groups in total. The number of phenolic OH excluding ortho intramolecular Hbond substituents is 1. The van der Waals surface area contributed by atoms with Crippen LogP contribution in [0, 0.1) is 0 Å². The number of anilines is 1. The van der Waals surface area contributed by atoms with E-state index in [0.717, 1.165) is 22.4 Å². The van der Waals surface area contributed by atoms with E-state index in [2.05, 4.69) is 18.5 Å². The molecule has 0 bridgehead atoms. The number of nitrogens with one attached hydrogen (secondary N) is 1. The minimum Gasteiger partial charge on any atom is -0.507 e. The summed E-state index contributed by atoms with van der Waals surface area (Å²) in [6, 6.07) is 1.88. The molecule has 1 aliphatic heterocycles. The molecule has 0 atom stereocenters. The van der Waals surface area contributed by atoms with Crippen LogP contribution in [0.25, 0.3) is 0 Å². The van der Waals surface area contributed by atoms with Crippen molar-refractivity contribution < 1.29 is 14.7 Å². The molecule has 1 aromatic carbocycles. The monoisotopic (exact) mass is 376 g/mol. The Labute approximate surface area is 159 Å². The minimum absolute atomic E-state index is 0.0564. The zero-order chi connectivity index (χ0) is 19.1. The number of halogens is 1. The van der Waals surface area contributed by atoms with Crippen LogP contribution in [0.4, 0.5) is 5.69 Å². The Hall–Kier alpha value is -2.27. The third-order valence-corrected chi connectivity index (χ3v) is 4.71. The summed E-state index contributed by atoms with van der Waals surface area (Å²) in [5.41, 5.74) is 3.43. The Bertz CT molecular complexity index is 715. The Morgan fingerprint density at radius 1 is 1.31 bits per heavy atom. The summed E-state index contributed by atoms with van der Waals surface area (Å²) in [6.07, 6.45) is 6.21. The van der Waals surface area contributed by atoms with Gasteiger partial charge in [-0.2, -0.15) is 0 Å². The molecule has 0 unspecified atom stereocenters. The molecule has 1 aliphatic rings. The molecule has 2 amide bonds. The number of phenols is 1. The number of benzene rings is 1. The second-order valence-electron chi connectivity index (χ2n) is 6.23. The van der Waals surface area contributed by atoms with Crippen LogP contribution in [-0.2, 0) is 28.9 Å². The second kappa shape index (κ2) is 9.43. The van der Waals surface area contributed by atoms with Crippen LogP contribution in [0.1, 0.15) is 29.5 Å². The lowest BCUT2D eigenvalue weighted by Gasteiger charge is -2.32. The van der Waals surface area contributed by atoms with Crippen LogP contribution >= 0.6 is 11.6 Å². The van der Waals surface area contributed by atoms with Crippen LogP contribution in [0.15, 0.2) is 31.4 Å². The van der Waals surface area contributed by atoms with E-state index in [0.29, 0.717) is 45.2 Å². The van der Waals surface area contributed by atoms with Gasteiger partial charge in [-0.05, 0) is 42.9 Å². The quantitative estimate of drug-likeness (QED) is 0.395. The predicted molar refractivity (Wildman–Crippen MR) is 105 cm³/mol. The van der Waals surface area contributed by atoms with Gasteiger partial charge in [0.05, 0.1) is 0 Å². The third-order valence-electron chi connectivity index (χ3n) is 4.47. The van der Waals surface area contributed by atoms with Crippen LogP contribution in [0.5, 0.6) is 5.75 Å². The van der Waals surface area contributed by atoms with Crippen molar-refractivity contribution in [3.8, 4) is 5.75 Å². The van der Waals surface area contributed by atoms with E-state index < -0.39 is 0 Å². The van der Waals surface area contributed by atoms with E-state index in [9.17, 15) is 14.7 Å². The lowest BCUT2D eigenvalue weighted by molar-refractivity contribution is -0.119. The van der Waals surface area contributed by atoms with Crippen molar-refractivity contribution in [2.45, 2.75) is 32.1 Å². The highest BCUT2D eigenvalue weighted by molar-refractivity contribution is 6.27. The summed E-state index contributed by atoms with van der Waals surface area (Å²) < 4.78 is 0. The first-order chi connectivity index (χ1) is 12.5. The topological polar surface area (TPSA) is 69.6 Å². The zero-order valence-corrected chi connectivity index (χ0v) is 15.6. The number of alkyl halides is 1. The smallest absolute Gasteiger partial charge is 0.234 e. The van der Waals surface area contributed by atoms with Gasteiger partial charge < -0.3 is 15.3 Å². The SMILES string of the molecule is C=CCc1cc2c(c(CC=C)c1O)CCC(=O)N2CCCNC(=O)CCl. The van der Waals surface area contributed by atoms with Gasteiger partial charge in [0.25, 0.3) is 0 Å². The standard InChI is InChI=1S/C20H25ClN2O3/c1-3-6-14-12-17-15(16(7-4-2)20(14)26)8-9-19(25)23(17)11-5-10-22-18(24)13-21/h3-4,12,26H,1-2,5-11,13H2,(H,22,24). The average Bonchev–Trinajstić information content (AvgIpc) is 2.63. The number of hydrogen-bond donors (Lipinski definition) is 2. The maximum atomic E-state index is 12.5. The third kappa shape index (κ3) is 4.47. The molecule has 0 saturated carbocycles. The van der Waals surface area contributed by atoms with E-state index in [4.69, 9.17) is 11.6 Å². The molecular weight excluding hydrogens is 352 g/mol. The molecule has 0 aliphatic carbocycles. The number of rotatable bonds is 9. The van der Waals surface area contributed by atoms with Crippen LogP contribution in [0.3, 0.4) is 0 Å². The van der Waals surface area contributed by atoms with E-state index in [1.54, 1.807) is 17.1 Å². The molecule has 0 spiro atoms. The van der Waals surface area contributed by atoms with Gasteiger partial charge in [-0.3, -0.25) is 9.59 Å². The van der Waals surface area contributed by atoms with Gasteiger partial charge in [-0.25, -0.2) is 0 Å². The first-order valence-corrected chi connectivity index (χ1v) is 9.28. The summed E-state index contributed by atoms with van der Waals surface area (Å²) in [5, 5.41) is 13.3. The van der Waals surface area contributed by atoms with E-state index in [1.165, 1.54) is 0 Å². The number of nitrogens with zero attached hydrogens (tertiary/aromatic N) is 1. The molecule has 1 aromatic rings. The summed E-state index contributed by atoms with van der Waals surface area (Å²) in [5.74, 6) is 0.0392. The van der Waals surface area contributed by atoms with Gasteiger partial charge in [0, 0.05) is 30.8 Å². The molecule has 0 radical (unpaired) electrons. The van der Waals surface area contributed by atoms with E-state index >= 15 is 0 Å². The fraction of sp³-hybridized carbons (Fsp3) is 0.400. The summed E-state index contributed by atoms with van der Waals surface area (Å²) >= 11 is 5.46. The first kappa shape index (κ1) is 20.0. The molecule has 0 aromatic heterocycles. The lowest BCUT2D eigenvalue weighted by Crippen LogP contribution is -2.38. The van der Waals surface area contributed by atoms with Crippen molar-refractivity contribution in [1.29, 1.82) is 0 Å². The number of carbonyl (C=O) groups excluding carboxylic acids is 2. The molecule has 5 nitrogen and oxygen atoms in total. The average molecular weight is 377 g/mol. The van der Waals surface area contributed by atoms with Crippen LogP contribution in [-0.4, -0.2) is 35.9 Å². The first-order valence-electron chi connectivity index (χ1n) is 8.74. The molecule has 1 heterocycles. The lowest BCUT2D eigenvalue weighted by atomic mass is 9.90. The number of carbonyl (C=O) groups is 2. The van der Waals surface area contributed by atoms with Crippen molar-refractivity contribution in [1.82, 2.24) is 5.32 Å². The Kier molecular flexibility index (Phi) is 7.27. The number of allylic oxidation sites excluding steroid dienone is 2. The number of aromatic hydroxyl groups is 1. The maximum Gasteiger partial charge on any atom is 0.234 e. The van der Waals surface area contributed by atoms with Gasteiger partial charge >= 0.3 is 0 Å². The van der Waals surface area contributed by atoms with E-state index in [1.807, 2.05) is 6.07 Å². The van der Waals surface area contributed by atoms with Gasteiger partial charge in [0.1, 0.15) is 11.6 Å². The Morgan fingerprint density at radius 3 is 2.69 bits per heavy atom. The predicted octanol–water partition coefficient (Wildman–Crippen LogP) is 2.87. The largest absolute Gasteiger partial charge is 0.507 e. The van der Waals surface area contributed by atoms with Gasteiger partial charge in [0.15, 0.2) is 0 Å². The van der Waals surface area contributed by atoms with Crippen molar-refractivity contribution in [2.24, 2.45) is 0 Å². The second-order valence-corrected chi connectivity index (χ2v) is 6.50. The summed E-state index contributed by atoms with van der Waals surface area (Å²) in [4.78, 5) is 25.5. The highest BCUT2D eigenvalue weighted by Gasteiger charge is 2.28. The molecule has 0 saturated heterocycles. The van der Waals surface area contributed by atoms with Crippen molar-refractivity contribution in [3.63, 3.8) is 0 Å². The van der Waals surface area contributed by atoms with Crippen LogP contribution in [0.2, 0.25) is 0 Å². The van der Waals surface area contributed by atoms with Crippen molar-refractivity contribution in [3.05, 3.63) is 48.1 Å². The Morgan fingerprint density at radius 2 is 2.04 bits per heavy atom. The number of hydrogen-bond acceptors (Lipinski definition) is 3. The molecule has 0 fully saturated rings. The van der Waals surface area contributed by atoms with E-state index in [-0.39, 0.29) is 23.4 Å². The zero-order valence-electron chi connectivity index (χ0n) is 14.9. The Balaban J connectivity index is 2.30. The van der Waals surface area contributed by atoms with Crippen molar-refractivity contribution in [2.75, 3.05) is 23.9 Å². The summed E-state index contributed by atoms with van der Waals surface area (Å²) in [6.45, 7) is 8.48. The molecule has 2 rings (SSSR count). The maximum absolute atomic E-state index is 12.5. The van der Waals surface area contributed by atoms with Crippen LogP contribution < -0.4 is 10.2 Å². The van der Waals surface area contributed by atoms with Crippen molar-refractivity contribution >= 4 is 29.1 Å². The molecule has 140 valence electrons. The minimum atomic E-state index is -0.219. The fourth-order valence-corrected chi connectivity index (χ4v) is 3.36. The summed E-state index contributed by atoms with van der Waals surface area (Å²) in [7, 11) is 0. The van der Waals surface area contributed by atoms with Gasteiger partial charge in [0.2, 0.25) is 11.8 Å². The van der Waals surface area contributed by atoms with Gasteiger partial charge in [-0.1, -0.05) is 12.2 Å². The normalized spacial score (nSPS) is 13.3. The highest BCUT2D eigenvalue weighted by Crippen LogP contribution is 2.39. The number of amides is 2.